The number of hydrogen-bond acceptors (Lipinski definition) is 6. The van der Waals surface area contributed by atoms with Crippen molar-refractivity contribution in [3.05, 3.63) is 54.1 Å². The fourth-order valence-electron chi connectivity index (χ4n) is 4.65. The van der Waals surface area contributed by atoms with E-state index in [1.807, 2.05) is 38.1 Å². The smallest absolute Gasteiger partial charge is 0.311 e. The van der Waals surface area contributed by atoms with Gasteiger partial charge in [-0.1, -0.05) is 57.5 Å². The second kappa shape index (κ2) is 11.6. The first-order chi connectivity index (χ1) is 17.9. The molecule has 0 unspecified atom stereocenters. The number of tetrazole rings is 1. The highest BCUT2D eigenvalue weighted by Gasteiger charge is 2.38. The Morgan fingerprint density at radius 1 is 1.05 bits per heavy atom. The van der Waals surface area contributed by atoms with Crippen LogP contribution >= 0.6 is 11.3 Å². The summed E-state index contributed by atoms with van der Waals surface area (Å²) in [5.41, 5.74) is 2.01. The van der Waals surface area contributed by atoms with Crippen LogP contribution in [0, 0.1) is 5.41 Å². The zero-order chi connectivity index (χ0) is 26.4. The van der Waals surface area contributed by atoms with Gasteiger partial charge in [-0.2, -0.15) is 0 Å². The number of H-pyrrole nitrogens is 1. The number of thiophene rings is 1. The van der Waals surface area contributed by atoms with Crippen LogP contribution in [0.4, 0.5) is 0 Å². The molecule has 8 nitrogen and oxygen atoms in total. The molecular weight excluding hydrogens is 486 g/mol. The number of aromatic nitrogens is 4. The Hall–Kier alpha value is -3.59. The van der Waals surface area contributed by atoms with Crippen LogP contribution in [0.15, 0.2) is 48.5 Å². The molecular formula is C28H33N5O3S. The quantitative estimate of drug-likeness (QED) is 0.232. The lowest BCUT2D eigenvalue weighted by atomic mass is 9.81. The largest absolute Gasteiger partial charge is 0.481 e. The first-order valence-electron chi connectivity index (χ1n) is 12.8. The Bertz CT molecular complexity index is 1360. The van der Waals surface area contributed by atoms with E-state index in [4.69, 9.17) is 0 Å². The summed E-state index contributed by atoms with van der Waals surface area (Å²) in [6.45, 7) is 6.43. The fourth-order valence-corrected chi connectivity index (χ4v) is 5.73. The van der Waals surface area contributed by atoms with Crippen molar-refractivity contribution in [1.29, 1.82) is 0 Å². The van der Waals surface area contributed by atoms with Crippen LogP contribution in [0.1, 0.15) is 58.4 Å². The summed E-state index contributed by atoms with van der Waals surface area (Å²) in [6, 6.07) is 16.4. The van der Waals surface area contributed by atoms with E-state index in [0.717, 1.165) is 44.5 Å². The predicted molar refractivity (Wildman–Crippen MR) is 146 cm³/mol. The molecule has 0 radical (unpaired) electrons. The number of aromatic amines is 1. The fraction of sp³-hybridized carbons (Fsp3) is 0.393. The van der Waals surface area contributed by atoms with Crippen molar-refractivity contribution >= 4 is 33.3 Å². The molecule has 2 N–H and O–H groups in total. The van der Waals surface area contributed by atoms with Gasteiger partial charge in [-0.15, -0.1) is 16.4 Å². The molecule has 4 aromatic rings. The zero-order valence-corrected chi connectivity index (χ0v) is 22.3. The van der Waals surface area contributed by atoms with Crippen LogP contribution < -0.4 is 0 Å². The molecule has 0 aliphatic heterocycles. The van der Waals surface area contributed by atoms with Gasteiger partial charge < -0.3 is 10.0 Å². The summed E-state index contributed by atoms with van der Waals surface area (Å²) in [5.74, 6) is -0.219. The van der Waals surface area contributed by atoms with Crippen LogP contribution in [0.25, 0.3) is 31.9 Å². The lowest BCUT2D eigenvalue weighted by Crippen LogP contribution is -2.44. The molecule has 4 rings (SSSR count). The summed E-state index contributed by atoms with van der Waals surface area (Å²) in [5, 5.41) is 25.4. The number of nitrogens with one attached hydrogen (secondary N) is 1. The number of nitrogens with zero attached hydrogens (tertiary/aromatic N) is 4. The minimum atomic E-state index is -0.944. The van der Waals surface area contributed by atoms with E-state index in [9.17, 15) is 14.7 Å². The van der Waals surface area contributed by atoms with Gasteiger partial charge in [0.25, 0.3) is 0 Å². The van der Waals surface area contributed by atoms with Crippen LogP contribution in [0.2, 0.25) is 0 Å². The zero-order valence-electron chi connectivity index (χ0n) is 21.5. The molecule has 0 fully saturated rings. The number of carbonyl (C=O) groups is 2. The molecule has 0 bridgehead atoms. The minimum Gasteiger partial charge on any atom is -0.481 e. The van der Waals surface area contributed by atoms with Crippen molar-refractivity contribution in [1.82, 2.24) is 25.5 Å². The molecule has 0 aliphatic rings. The van der Waals surface area contributed by atoms with Crippen LogP contribution in [-0.2, 0) is 16.1 Å². The van der Waals surface area contributed by atoms with E-state index < -0.39 is 11.4 Å². The Kier molecular flexibility index (Phi) is 8.33. The van der Waals surface area contributed by atoms with Crippen LogP contribution in [-0.4, -0.2) is 49.1 Å². The number of carbonyl (C=O) groups excluding carboxylic acids is 1. The van der Waals surface area contributed by atoms with Gasteiger partial charge >= 0.3 is 5.97 Å². The third-order valence-corrected chi connectivity index (χ3v) is 8.29. The second-order valence-electron chi connectivity index (χ2n) is 9.42. The van der Waals surface area contributed by atoms with Crippen molar-refractivity contribution < 1.29 is 14.7 Å². The van der Waals surface area contributed by atoms with Crippen molar-refractivity contribution in [2.45, 2.75) is 59.4 Å². The van der Waals surface area contributed by atoms with Gasteiger partial charge in [0.15, 0.2) is 5.82 Å². The summed E-state index contributed by atoms with van der Waals surface area (Å²) in [6.07, 6.45) is 3.09. The van der Waals surface area contributed by atoms with Gasteiger partial charge in [0.05, 0.1) is 5.41 Å². The average Bonchev–Trinajstić information content (AvgIpc) is 3.59. The third-order valence-electron chi connectivity index (χ3n) is 7.14. The number of unbranched alkanes of at least 4 members (excludes halogenated alkanes) is 1. The van der Waals surface area contributed by atoms with E-state index >= 15 is 0 Å². The predicted octanol–water partition coefficient (Wildman–Crippen LogP) is 6.16. The highest BCUT2D eigenvalue weighted by Crippen LogP contribution is 2.38. The van der Waals surface area contributed by atoms with Gasteiger partial charge in [-0.05, 0) is 58.8 Å². The highest BCUT2D eigenvalue weighted by molar-refractivity contribution is 7.22. The molecule has 0 saturated heterocycles. The minimum absolute atomic E-state index is 0.00933. The molecule has 9 heteroatoms. The molecule has 0 spiro atoms. The maximum atomic E-state index is 13.2. The number of rotatable bonds is 12. The van der Waals surface area contributed by atoms with Gasteiger partial charge in [-0.25, -0.2) is 5.10 Å². The normalized spacial score (nSPS) is 11.6. The Morgan fingerprint density at radius 3 is 2.46 bits per heavy atom. The van der Waals surface area contributed by atoms with Crippen molar-refractivity contribution in [3.8, 4) is 21.8 Å². The standard InChI is InChI=1S/C28H33N5O3S/c1-4-7-12-25(34)33(18-28(5-2,6-3)27(35)36)17-19-13-14-23-20(15-19)16-24(37-23)21-10-8-9-11-22(21)26-29-31-32-30-26/h8-11,13-16H,4-7,12,17-18H2,1-3H3,(H,35,36)(H,29,30,31,32). The van der Waals surface area contributed by atoms with Crippen LogP contribution in [0.3, 0.4) is 0 Å². The molecule has 194 valence electrons. The number of hydrogen-bond donors (Lipinski definition) is 2. The molecule has 0 saturated carbocycles. The lowest BCUT2D eigenvalue weighted by Gasteiger charge is -2.34. The summed E-state index contributed by atoms with van der Waals surface area (Å²) in [4.78, 5) is 28.2. The molecule has 2 aromatic heterocycles. The van der Waals surface area contributed by atoms with Crippen molar-refractivity contribution in [2.75, 3.05) is 6.54 Å². The van der Waals surface area contributed by atoms with Gasteiger partial charge in [-0.3, -0.25) is 9.59 Å². The van der Waals surface area contributed by atoms with E-state index in [1.165, 1.54) is 0 Å². The SMILES string of the molecule is CCCCC(=O)N(Cc1ccc2sc(-c3ccccc3-c3nnn[nH]3)cc2c1)CC(CC)(CC)C(=O)O. The Balaban J connectivity index is 1.65. The number of aliphatic carboxylic acids is 1. The number of carboxylic acids is 1. The van der Waals surface area contributed by atoms with E-state index in [-0.39, 0.29) is 12.5 Å². The monoisotopic (exact) mass is 519 g/mol. The molecule has 2 heterocycles. The second-order valence-corrected chi connectivity index (χ2v) is 10.5. The summed E-state index contributed by atoms with van der Waals surface area (Å²) >= 11 is 1.69. The Labute approximate surface area is 220 Å². The van der Waals surface area contributed by atoms with Gasteiger partial charge in [0.1, 0.15) is 0 Å². The van der Waals surface area contributed by atoms with E-state index in [2.05, 4.69) is 51.8 Å². The average molecular weight is 520 g/mol. The van der Waals surface area contributed by atoms with Crippen molar-refractivity contribution in [2.24, 2.45) is 5.41 Å². The molecule has 0 aliphatic carbocycles. The lowest BCUT2D eigenvalue weighted by molar-refractivity contribution is -0.152. The van der Waals surface area contributed by atoms with Gasteiger partial charge in [0, 0.05) is 40.2 Å². The first-order valence-corrected chi connectivity index (χ1v) is 13.6. The van der Waals surface area contributed by atoms with Crippen molar-refractivity contribution in [3.63, 3.8) is 0 Å². The third kappa shape index (κ3) is 5.72. The van der Waals surface area contributed by atoms with E-state index in [0.29, 0.717) is 31.6 Å². The summed E-state index contributed by atoms with van der Waals surface area (Å²) in [7, 11) is 0. The van der Waals surface area contributed by atoms with E-state index in [1.54, 1.807) is 16.2 Å². The summed E-state index contributed by atoms with van der Waals surface area (Å²) < 4.78 is 1.13. The molecule has 2 aromatic carbocycles. The van der Waals surface area contributed by atoms with Gasteiger partial charge in [0.2, 0.25) is 5.91 Å². The highest BCUT2D eigenvalue weighted by atomic mass is 32.1. The maximum absolute atomic E-state index is 13.2. The maximum Gasteiger partial charge on any atom is 0.311 e. The number of fused-ring (bicyclic) bond motifs is 1. The number of carboxylic acid groups (broad SMARTS) is 1. The molecule has 0 atom stereocenters. The molecule has 37 heavy (non-hydrogen) atoms. The first kappa shape index (κ1) is 26.5. The molecule has 1 amide bonds. The number of benzene rings is 2. The van der Waals surface area contributed by atoms with Crippen LogP contribution in [0.5, 0.6) is 0 Å². The topological polar surface area (TPSA) is 112 Å². The number of amides is 1. The Morgan fingerprint density at radius 2 is 1.81 bits per heavy atom.